The lowest BCUT2D eigenvalue weighted by atomic mass is 10.2. The molecule has 2 heterocycles. The number of non-ortho nitro benzene ring substituents is 1. The Morgan fingerprint density at radius 1 is 1.20 bits per heavy atom. The zero-order valence-corrected chi connectivity index (χ0v) is 16.5. The smallest absolute Gasteiger partial charge is 0.271 e. The van der Waals surface area contributed by atoms with E-state index in [1.54, 1.807) is 24.5 Å². The van der Waals surface area contributed by atoms with Crippen LogP contribution >= 0.6 is 11.8 Å². The number of benzene rings is 2. The fourth-order valence-electron chi connectivity index (χ4n) is 3.23. The molecule has 0 saturated heterocycles. The van der Waals surface area contributed by atoms with Gasteiger partial charge in [0.2, 0.25) is 11.8 Å². The standard InChI is InChI=1S/C21H17N3O5S/c25-20(22-14-5-3-6-15(11-14)24(27)28)13-23-16-7-1-2-9-18(16)30-19(12-21(23)26)17-8-4-10-29-17/h1-11,19H,12-13H2,(H,22,25)/t19-/m0/s1. The van der Waals surface area contributed by atoms with Crippen molar-refractivity contribution in [3.63, 3.8) is 0 Å². The van der Waals surface area contributed by atoms with E-state index in [-0.39, 0.29) is 29.8 Å². The van der Waals surface area contributed by atoms with Gasteiger partial charge in [-0.2, -0.15) is 0 Å². The Labute approximate surface area is 176 Å². The van der Waals surface area contributed by atoms with Gasteiger partial charge in [0.05, 0.1) is 22.1 Å². The van der Waals surface area contributed by atoms with Crippen molar-refractivity contribution < 1.29 is 18.9 Å². The Morgan fingerprint density at radius 3 is 2.80 bits per heavy atom. The van der Waals surface area contributed by atoms with Gasteiger partial charge in [0.25, 0.3) is 5.69 Å². The Morgan fingerprint density at radius 2 is 2.03 bits per heavy atom. The normalized spacial score (nSPS) is 15.9. The highest BCUT2D eigenvalue weighted by Gasteiger charge is 2.31. The second kappa shape index (κ2) is 8.42. The number of hydrogen-bond donors (Lipinski definition) is 1. The Bertz CT molecular complexity index is 1100. The summed E-state index contributed by atoms with van der Waals surface area (Å²) in [6.45, 7) is -0.204. The largest absolute Gasteiger partial charge is 0.468 e. The van der Waals surface area contributed by atoms with Crippen LogP contribution in [0, 0.1) is 10.1 Å². The summed E-state index contributed by atoms with van der Waals surface area (Å²) in [4.78, 5) is 38.4. The third-order valence-electron chi connectivity index (χ3n) is 4.59. The van der Waals surface area contributed by atoms with Crippen LogP contribution in [0.4, 0.5) is 17.1 Å². The van der Waals surface area contributed by atoms with Crippen molar-refractivity contribution in [3.8, 4) is 0 Å². The average Bonchev–Trinajstić information content (AvgIpc) is 3.23. The molecule has 1 atom stereocenters. The lowest BCUT2D eigenvalue weighted by molar-refractivity contribution is -0.384. The molecule has 0 saturated carbocycles. The van der Waals surface area contributed by atoms with Gasteiger partial charge < -0.3 is 14.6 Å². The number of rotatable bonds is 5. The third kappa shape index (κ3) is 4.20. The number of amides is 2. The van der Waals surface area contributed by atoms with E-state index in [0.29, 0.717) is 17.1 Å². The first-order valence-corrected chi connectivity index (χ1v) is 10.0. The van der Waals surface area contributed by atoms with E-state index < -0.39 is 10.8 Å². The van der Waals surface area contributed by atoms with Crippen molar-refractivity contribution in [1.82, 2.24) is 0 Å². The number of fused-ring (bicyclic) bond motifs is 1. The minimum Gasteiger partial charge on any atom is -0.468 e. The molecule has 3 aromatic rings. The summed E-state index contributed by atoms with van der Waals surface area (Å²) < 4.78 is 5.49. The summed E-state index contributed by atoms with van der Waals surface area (Å²) in [6.07, 6.45) is 1.75. The topological polar surface area (TPSA) is 106 Å². The summed E-state index contributed by atoms with van der Waals surface area (Å²) in [6, 6.07) is 16.7. The maximum Gasteiger partial charge on any atom is 0.271 e. The van der Waals surface area contributed by atoms with E-state index in [1.165, 1.54) is 34.9 Å². The SMILES string of the molecule is O=C(CN1C(=O)C[C@@H](c2ccco2)Sc2ccccc21)Nc1cccc([N+](=O)[O-])c1. The maximum absolute atomic E-state index is 13.0. The zero-order chi connectivity index (χ0) is 21.1. The van der Waals surface area contributed by atoms with Crippen LogP contribution in [0.2, 0.25) is 0 Å². The lowest BCUT2D eigenvalue weighted by Gasteiger charge is -2.22. The first kappa shape index (κ1) is 19.7. The molecule has 0 aliphatic carbocycles. The number of nitrogens with one attached hydrogen (secondary N) is 1. The van der Waals surface area contributed by atoms with Crippen LogP contribution in [-0.2, 0) is 9.59 Å². The number of carbonyl (C=O) groups is 2. The lowest BCUT2D eigenvalue weighted by Crippen LogP contribution is -2.38. The quantitative estimate of drug-likeness (QED) is 0.482. The number of nitro benzene ring substituents is 1. The van der Waals surface area contributed by atoms with Crippen molar-refractivity contribution in [2.45, 2.75) is 16.6 Å². The highest BCUT2D eigenvalue weighted by molar-refractivity contribution is 7.99. The van der Waals surface area contributed by atoms with E-state index in [0.717, 1.165) is 4.90 Å². The number of thioether (sulfide) groups is 1. The van der Waals surface area contributed by atoms with Gasteiger partial charge in [-0.3, -0.25) is 19.7 Å². The summed E-state index contributed by atoms with van der Waals surface area (Å²) in [5.41, 5.74) is 0.824. The van der Waals surface area contributed by atoms with Crippen LogP contribution in [0.25, 0.3) is 0 Å². The van der Waals surface area contributed by atoms with Crippen LogP contribution in [-0.4, -0.2) is 23.3 Å². The number of nitrogens with zero attached hydrogens (tertiary/aromatic N) is 2. The zero-order valence-electron chi connectivity index (χ0n) is 15.7. The molecule has 0 unspecified atom stereocenters. The van der Waals surface area contributed by atoms with Crippen molar-refractivity contribution in [3.05, 3.63) is 82.8 Å². The number of nitro groups is 1. The van der Waals surface area contributed by atoms with Gasteiger partial charge in [-0.15, -0.1) is 11.8 Å². The molecule has 0 spiro atoms. The van der Waals surface area contributed by atoms with Gasteiger partial charge in [0.1, 0.15) is 12.3 Å². The van der Waals surface area contributed by atoms with Crippen LogP contribution in [0.5, 0.6) is 0 Å². The molecule has 0 radical (unpaired) electrons. The number of anilines is 2. The molecule has 1 aromatic heterocycles. The van der Waals surface area contributed by atoms with Crippen LogP contribution < -0.4 is 10.2 Å². The number of carbonyl (C=O) groups excluding carboxylic acids is 2. The Hall–Kier alpha value is -3.59. The van der Waals surface area contributed by atoms with Gasteiger partial charge in [0.15, 0.2) is 0 Å². The molecule has 9 heteroatoms. The molecule has 0 bridgehead atoms. The minimum atomic E-state index is -0.532. The molecule has 1 aliphatic heterocycles. The fraction of sp³-hybridized carbons (Fsp3) is 0.143. The number of para-hydroxylation sites is 1. The number of furan rings is 1. The van der Waals surface area contributed by atoms with Gasteiger partial charge in [-0.05, 0) is 30.3 Å². The minimum absolute atomic E-state index is 0.123. The highest BCUT2D eigenvalue weighted by Crippen LogP contribution is 2.45. The molecule has 152 valence electrons. The molecular weight excluding hydrogens is 406 g/mol. The molecule has 2 aromatic carbocycles. The third-order valence-corrected chi connectivity index (χ3v) is 5.87. The van der Waals surface area contributed by atoms with E-state index in [1.807, 2.05) is 24.3 Å². The summed E-state index contributed by atoms with van der Waals surface area (Å²) in [7, 11) is 0. The summed E-state index contributed by atoms with van der Waals surface area (Å²) in [5, 5.41) is 13.4. The van der Waals surface area contributed by atoms with Crippen molar-refractivity contribution >= 4 is 40.6 Å². The average molecular weight is 423 g/mol. The highest BCUT2D eigenvalue weighted by atomic mass is 32.2. The first-order valence-electron chi connectivity index (χ1n) is 9.15. The second-order valence-corrected chi connectivity index (χ2v) is 7.87. The van der Waals surface area contributed by atoms with E-state index in [9.17, 15) is 19.7 Å². The molecule has 2 amide bonds. The molecule has 1 N–H and O–H groups in total. The molecule has 30 heavy (non-hydrogen) atoms. The number of hydrogen-bond acceptors (Lipinski definition) is 6. The molecule has 0 fully saturated rings. The van der Waals surface area contributed by atoms with Gasteiger partial charge >= 0.3 is 0 Å². The Kier molecular flexibility index (Phi) is 5.53. The second-order valence-electron chi connectivity index (χ2n) is 6.63. The van der Waals surface area contributed by atoms with Crippen molar-refractivity contribution in [2.24, 2.45) is 0 Å². The van der Waals surface area contributed by atoms with Crippen molar-refractivity contribution in [1.29, 1.82) is 0 Å². The van der Waals surface area contributed by atoms with E-state index >= 15 is 0 Å². The van der Waals surface area contributed by atoms with Crippen LogP contribution in [0.15, 0.2) is 76.2 Å². The van der Waals surface area contributed by atoms with Gasteiger partial charge in [-0.25, -0.2) is 0 Å². The fourth-order valence-corrected chi connectivity index (χ4v) is 4.46. The van der Waals surface area contributed by atoms with Crippen LogP contribution in [0.3, 0.4) is 0 Å². The predicted octanol–water partition coefficient (Wildman–Crippen LogP) is 4.40. The predicted molar refractivity (Wildman–Crippen MR) is 112 cm³/mol. The van der Waals surface area contributed by atoms with Gasteiger partial charge in [0, 0.05) is 29.1 Å². The summed E-state index contributed by atoms with van der Waals surface area (Å²) in [5.74, 6) is 0.0502. The van der Waals surface area contributed by atoms with E-state index in [4.69, 9.17) is 4.42 Å². The first-order chi connectivity index (χ1) is 14.5. The van der Waals surface area contributed by atoms with Crippen molar-refractivity contribution in [2.75, 3.05) is 16.8 Å². The summed E-state index contributed by atoms with van der Waals surface area (Å²) >= 11 is 1.52. The molecule has 1 aliphatic rings. The molecular formula is C21H17N3O5S. The molecule has 8 nitrogen and oxygen atoms in total. The monoisotopic (exact) mass is 423 g/mol. The maximum atomic E-state index is 13.0. The Balaban J connectivity index is 1.56. The van der Waals surface area contributed by atoms with Gasteiger partial charge in [-0.1, -0.05) is 18.2 Å². The van der Waals surface area contributed by atoms with E-state index in [2.05, 4.69) is 5.32 Å². The molecule has 4 rings (SSSR count). The van der Waals surface area contributed by atoms with Crippen LogP contribution in [0.1, 0.15) is 17.4 Å².